The third kappa shape index (κ3) is 6.47. The number of hydrogen-bond acceptors (Lipinski definition) is 7. The second-order valence-corrected chi connectivity index (χ2v) is 7.23. The average molecular weight is 413 g/mol. The Kier molecular flexibility index (Phi) is 10.8. The van der Waals surface area contributed by atoms with E-state index < -0.39 is 29.6 Å². The van der Waals surface area contributed by atoms with E-state index in [1.165, 1.54) is 6.92 Å². The Morgan fingerprint density at radius 2 is 1.66 bits per heavy atom. The average Bonchev–Trinajstić information content (AvgIpc) is 2.67. The van der Waals surface area contributed by atoms with Gasteiger partial charge in [-0.2, -0.15) is 0 Å². The highest BCUT2D eigenvalue weighted by molar-refractivity contribution is 5.87. The monoisotopic (exact) mass is 412 g/mol. The fraction of sp³-hybridized carbons (Fsp3) is 0.773. The molecule has 0 aromatic carbocycles. The maximum Gasteiger partial charge on any atom is 0.373 e. The molecule has 0 N–H and O–H groups in total. The van der Waals surface area contributed by atoms with Crippen molar-refractivity contribution in [2.75, 3.05) is 13.2 Å². The van der Waals surface area contributed by atoms with Crippen LogP contribution in [0.4, 0.5) is 0 Å². The summed E-state index contributed by atoms with van der Waals surface area (Å²) in [6.07, 6.45) is 6.72. The van der Waals surface area contributed by atoms with E-state index in [-0.39, 0.29) is 24.9 Å². The molecule has 0 fully saturated rings. The van der Waals surface area contributed by atoms with Gasteiger partial charge in [-0.1, -0.05) is 46.0 Å². The predicted octanol–water partition coefficient (Wildman–Crippen LogP) is 4.29. The summed E-state index contributed by atoms with van der Waals surface area (Å²) in [5.74, 6) is -2.10. The molecule has 7 nitrogen and oxygen atoms in total. The lowest BCUT2D eigenvalue weighted by atomic mass is 9.68. The lowest BCUT2D eigenvalue weighted by Crippen LogP contribution is -2.54. The summed E-state index contributed by atoms with van der Waals surface area (Å²) >= 11 is 0. The van der Waals surface area contributed by atoms with Gasteiger partial charge >= 0.3 is 17.9 Å². The summed E-state index contributed by atoms with van der Waals surface area (Å²) in [6.45, 7) is 9.05. The van der Waals surface area contributed by atoms with Crippen molar-refractivity contribution in [3.63, 3.8) is 0 Å². The van der Waals surface area contributed by atoms with Gasteiger partial charge in [-0.25, -0.2) is 4.79 Å². The van der Waals surface area contributed by atoms with Crippen LogP contribution in [0.25, 0.3) is 0 Å². The number of carbonyl (C=O) groups excluding carboxylic acids is 3. The molecule has 0 aliphatic carbocycles. The zero-order valence-electron chi connectivity index (χ0n) is 18.5. The Hall–Kier alpha value is -2.05. The number of unbranched alkanes of at least 4 members (excludes halogenated alkanes) is 4. The Labute approximate surface area is 174 Å². The number of esters is 3. The van der Waals surface area contributed by atoms with E-state index in [9.17, 15) is 14.4 Å². The standard InChI is InChI=1S/C22H36O7/c1-6-10-11-12-13-14-17-15-18(19(24)26-8-3)29-21(28-16(5)23)22(17,7-2)20(25)27-9-4/h15,17,21H,6-14H2,1-5H3/t17-,21?,22-/m1/s1. The number of ether oxygens (including phenoxy) is 4. The lowest BCUT2D eigenvalue weighted by Gasteiger charge is -2.44. The van der Waals surface area contributed by atoms with Gasteiger partial charge in [-0.3, -0.25) is 9.59 Å². The van der Waals surface area contributed by atoms with Crippen LogP contribution in [0.5, 0.6) is 0 Å². The zero-order valence-corrected chi connectivity index (χ0v) is 18.5. The fourth-order valence-electron chi connectivity index (χ4n) is 3.76. The first-order chi connectivity index (χ1) is 13.9. The molecule has 29 heavy (non-hydrogen) atoms. The van der Waals surface area contributed by atoms with E-state index >= 15 is 0 Å². The van der Waals surface area contributed by atoms with Gasteiger partial charge in [-0.15, -0.1) is 0 Å². The van der Waals surface area contributed by atoms with Crippen molar-refractivity contribution < 1.29 is 33.3 Å². The van der Waals surface area contributed by atoms with E-state index in [0.29, 0.717) is 12.8 Å². The van der Waals surface area contributed by atoms with Gasteiger partial charge in [0.1, 0.15) is 5.41 Å². The van der Waals surface area contributed by atoms with E-state index in [0.717, 1.165) is 32.1 Å². The van der Waals surface area contributed by atoms with Crippen LogP contribution in [0.1, 0.15) is 79.6 Å². The molecule has 0 radical (unpaired) electrons. The molecule has 1 heterocycles. The molecule has 0 bridgehead atoms. The molecular formula is C22H36O7. The highest BCUT2D eigenvalue weighted by Gasteiger charge is 2.57. The summed E-state index contributed by atoms with van der Waals surface area (Å²) in [5, 5.41) is 0. The van der Waals surface area contributed by atoms with Crippen molar-refractivity contribution in [1.82, 2.24) is 0 Å². The molecule has 1 aliphatic rings. The Morgan fingerprint density at radius 1 is 1.00 bits per heavy atom. The van der Waals surface area contributed by atoms with Gasteiger partial charge in [0, 0.05) is 12.8 Å². The minimum Gasteiger partial charge on any atom is -0.465 e. The molecule has 3 atom stereocenters. The Morgan fingerprint density at radius 3 is 2.21 bits per heavy atom. The van der Waals surface area contributed by atoms with Crippen molar-refractivity contribution in [2.45, 2.75) is 85.9 Å². The molecule has 1 aliphatic heterocycles. The van der Waals surface area contributed by atoms with Crippen LogP contribution in [0.2, 0.25) is 0 Å². The maximum atomic E-state index is 13.1. The van der Waals surface area contributed by atoms with Crippen LogP contribution < -0.4 is 0 Å². The van der Waals surface area contributed by atoms with Gasteiger partial charge in [0.25, 0.3) is 6.29 Å². The minimum atomic E-state index is -1.24. The molecule has 0 saturated heterocycles. The Bertz CT molecular complexity index is 584. The van der Waals surface area contributed by atoms with Crippen LogP contribution in [-0.4, -0.2) is 37.4 Å². The van der Waals surface area contributed by atoms with Crippen LogP contribution in [0, 0.1) is 11.3 Å². The first-order valence-corrected chi connectivity index (χ1v) is 10.8. The molecule has 7 heteroatoms. The summed E-state index contributed by atoms with van der Waals surface area (Å²) in [5.41, 5.74) is -1.21. The molecule has 166 valence electrons. The summed E-state index contributed by atoms with van der Waals surface area (Å²) in [6, 6.07) is 0. The largest absolute Gasteiger partial charge is 0.465 e. The number of allylic oxidation sites excluding steroid dienone is 1. The van der Waals surface area contributed by atoms with Crippen molar-refractivity contribution in [3.8, 4) is 0 Å². The van der Waals surface area contributed by atoms with E-state index in [1.807, 2.05) is 6.92 Å². The van der Waals surface area contributed by atoms with Crippen LogP contribution in [0.3, 0.4) is 0 Å². The smallest absolute Gasteiger partial charge is 0.373 e. The molecule has 0 spiro atoms. The summed E-state index contributed by atoms with van der Waals surface area (Å²) in [4.78, 5) is 37.1. The van der Waals surface area contributed by atoms with Gasteiger partial charge in [0.15, 0.2) is 0 Å². The Balaban J connectivity index is 3.29. The van der Waals surface area contributed by atoms with Gasteiger partial charge in [0.2, 0.25) is 5.76 Å². The van der Waals surface area contributed by atoms with E-state index in [1.54, 1.807) is 19.9 Å². The third-order valence-electron chi connectivity index (χ3n) is 5.28. The fourth-order valence-corrected chi connectivity index (χ4v) is 3.76. The van der Waals surface area contributed by atoms with Crippen molar-refractivity contribution in [1.29, 1.82) is 0 Å². The van der Waals surface area contributed by atoms with Gasteiger partial charge in [0.05, 0.1) is 13.2 Å². The van der Waals surface area contributed by atoms with Crippen molar-refractivity contribution in [3.05, 3.63) is 11.8 Å². The first kappa shape index (κ1) is 25.0. The quantitative estimate of drug-likeness (QED) is 0.268. The number of hydrogen-bond donors (Lipinski definition) is 0. The van der Waals surface area contributed by atoms with Crippen molar-refractivity contribution in [2.24, 2.45) is 11.3 Å². The SMILES string of the molecule is CCCCCCC[C@@H]1C=C(C(=O)OCC)OC(OC(C)=O)[C@@]1(CC)C(=O)OCC. The van der Waals surface area contributed by atoms with Crippen LogP contribution in [-0.2, 0) is 33.3 Å². The molecule has 0 amide bonds. The topological polar surface area (TPSA) is 88.1 Å². The minimum absolute atomic E-state index is 0.0231. The second kappa shape index (κ2) is 12.5. The summed E-state index contributed by atoms with van der Waals surface area (Å²) < 4.78 is 21.5. The molecule has 1 rings (SSSR count). The maximum absolute atomic E-state index is 13.1. The molecular weight excluding hydrogens is 376 g/mol. The van der Waals surface area contributed by atoms with E-state index in [2.05, 4.69) is 6.92 Å². The van der Waals surface area contributed by atoms with Crippen LogP contribution in [0.15, 0.2) is 11.8 Å². The van der Waals surface area contributed by atoms with Crippen molar-refractivity contribution >= 4 is 17.9 Å². The van der Waals surface area contributed by atoms with Gasteiger partial charge in [-0.05, 0) is 32.8 Å². The third-order valence-corrected chi connectivity index (χ3v) is 5.28. The van der Waals surface area contributed by atoms with Gasteiger partial charge < -0.3 is 18.9 Å². The second-order valence-electron chi connectivity index (χ2n) is 7.23. The zero-order chi connectivity index (χ0) is 21.9. The highest BCUT2D eigenvalue weighted by atomic mass is 16.7. The predicted molar refractivity (Wildman–Crippen MR) is 108 cm³/mol. The molecule has 0 aromatic rings. The summed E-state index contributed by atoms with van der Waals surface area (Å²) in [7, 11) is 0. The molecule has 1 unspecified atom stereocenters. The molecule has 0 aromatic heterocycles. The molecule has 0 saturated carbocycles. The van der Waals surface area contributed by atoms with Crippen LogP contribution >= 0.6 is 0 Å². The number of carbonyl (C=O) groups is 3. The lowest BCUT2D eigenvalue weighted by molar-refractivity contribution is -0.226. The normalized spacial score (nSPS) is 23.6. The van der Waals surface area contributed by atoms with E-state index in [4.69, 9.17) is 18.9 Å². The number of rotatable bonds is 12. The first-order valence-electron chi connectivity index (χ1n) is 10.8. The highest BCUT2D eigenvalue weighted by Crippen LogP contribution is 2.47.